The van der Waals surface area contributed by atoms with Crippen LogP contribution in [-0.4, -0.2) is 22.9 Å². The maximum atomic E-state index is 10.0. The molecule has 0 radical (unpaired) electrons. The fourth-order valence-electron chi connectivity index (χ4n) is 3.57. The molecule has 29 heavy (non-hydrogen) atoms. The summed E-state index contributed by atoms with van der Waals surface area (Å²) in [5, 5.41) is 18.8. The van der Waals surface area contributed by atoms with Crippen molar-refractivity contribution >= 4 is 0 Å². The Kier molecular flexibility index (Phi) is 10.6. The van der Waals surface area contributed by atoms with Crippen LogP contribution in [0.2, 0.25) is 0 Å². The van der Waals surface area contributed by atoms with Gasteiger partial charge in [0.15, 0.2) is 0 Å². The highest BCUT2D eigenvalue weighted by Crippen LogP contribution is 2.41. The lowest BCUT2D eigenvalue weighted by atomic mass is 9.71. The maximum Gasteiger partial charge on any atom is 0.0615 e. The van der Waals surface area contributed by atoms with Crippen molar-refractivity contribution in [3.8, 4) is 0 Å². The number of aliphatic hydroxyl groups is 2. The summed E-state index contributed by atoms with van der Waals surface area (Å²) in [7, 11) is 0. The van der Waals surface area contributed by atoms with Gasteiger partial charge in [0.05, 0.1) is 12.7 Å². The molecule has 1 rings (SSSR count). The normalized spacial score (nSPS) is 22.2. The van der Waals surface area contributed by atoms with Crippen LogP contribution in [0.1, 0.15) is 54.4 Å². The topological polar surface area (TPSA) is 40.5 Å². The molecule has 0 heterocycles. The van der Waals surface area contributed by atoms with Crippen LogP contribution in [0, 0.1) is 5.41 Å². The number of hydrogen-bond donors (Lipinski definition) is 2. The standard InChI is InChI=1S/C27H38O2/c1-21(11-7-8-12-22(2)15-10-18-28)13-9-14-23(3)16-17-26-24(4)19-25(29)20-27(26,5)6/h7-17,25,28-29H,18-20H2,1-6H3. The lowest BCUT2D eigenvalue weighted by molar-refractivity contribution is 0.116. The lowest BCUT2D eigenvalue weighted by Crippen LogP contribution is -2.28. The summed E-state index contributed by atoms with van der Waals surface area (Å²) in [6.07, 6.45) is 23.7. The predicted molar refractivity (Wildman–Crippen MR) is 127 cm³/mol. The smallest absolute Gasteiger partial charge is 0.0615 e. The zero-order valence-corrected chi connectivity index (χ0v) is 18.9. The molecule has 2 N–H and O–H groups in total. The second-order valence-electron chi connectivity index (χ2n) is 8.53. The van der Waals surface area contributed by atoms with Crippen LogP contribution in [-0.2, 0) is 0 Å². The van der Waals surface area contributed by atoms with Crippen molar-refractivity contribution in [2.24, 2.45) is 5.41 Å². The van der Waals surface area contributed by atoms with E-state index in [0.29, 0.717) is 0 Å². The Morgan fingerprint density at radius 2 is 1.48 bits per heavy atom. The Morgan fingerprint density at radius 3 is 2.07 bits per heavy atom. The van der Waals surface area contributed by atoms with E-state index in [9.17, 15) is 5.11 Å². The van der Waals surface area contributed by atoms with Gasteiger partial charge in [0.1, 0.15) is 0 Å². The fourth-order valence-corrected chi connectivity index (χ4v) is 3.57. The highest BCUT2D eigenvalue weighted by Gasteiger charge is 2.31. The highest BCUT2D eigenvalue weighted by atomic mass is 16.3. The van der Waals surface area contributed by atoms with Crippen LogP contribution in [0.15, 0.2) is 94.7 Å². The molecule has 0 aliphatic heterocycles. The van der Waals surface area contributed by atoms with Gasteiger partial charge in [-0.25, -0.2) is 0 Å². The first-order chi connectivity index (χ1) is 13.7. The van der Waals surface area contributed by atoms with Crippen LogP contribution in [0.5, 0.6) is 0 Å². The zero-order chi connectivity index (χ0) is 21.9. The van der Waals surface area contributed by atoms with Crippen LogP contribution in [0.4, 0.5) is 0 Å². The molecular formula is C27H38O2. The summed E-state index contributed by atoms with van der Waals surface area (Å²) in [5.74, 6) is 0. The first kappa shape index (κ1) is 24.9. The quantitative estimate of drug-likeness (QED) is 0.459. The van der Waals surface area contributed by atoms with Gasteiger partial charge in [0, 0.05) is 0 Å². The molecule has 0 saturated carbocycles. The van der Waals surface area contributed by atoms with Crippen LogP contribution in [0.25, 0.3) is 0 Å². The van der Waals surface area contributed by atoms with Gasteiger partial charge >= 0.3 is 0 Å². The average molecular weight is 395 g/mol. The van der Waals surface area contributed by atoms with E-state index >= 15 is 0 Å². The van der Waals surface area contributed by atoms with E-state index in [1.54, 1.807) is 6.08 Å². The van der Waals surface area contributed by atoms with Crippen molar-refractivity contribution in [3.63, 3.8) is 0 Å². The van der Waals surface area contributed by atoms with Crippen LogP contribution in [0.3, 0.4) is 0 Å². The Hall–Kier alpha value is -2.16. The molecule has 0 fully saturated rings. The molecule has 0 aromatic carbocycles. The molecule has 0 aromatic heterocycles. The zero-order valence-electron chi connectivity index (χ0n) is 18.9. The van der Waals surface area contributed by atoms with E-state index in [1.165, 1.54) is 22.3 Å². The number of aliphatic hydroxyl groups excluding tert-OH is 2. The molecule has 1 unspecified atom stereocenters. The molecule has 158 valence electrons. The van der Waals surface area contributed by atoms with E-state index in [4.69, 9.17) is 5.11 Å². The molecule has 0 saturated heterocycles. The van der Waals surface area contributed by atoms with Crippen LogP contribution < -0.4 is 0 Å². The van der Waals surface area contributed by atoms with Gasteiger partial charge in [-0.15, -0.1) is 0 Å². The summed E-state index contributed by atoms with van der Waals surface area (Å²) in [4.78, 5) is 0. The minimum Gasteiger partial charge on any atom is -0.393 e. The Labute approximate surface area is 177 Å². The Balaban J connectivity index is 2.70. The predicted octanol–water partition coefficient (Wildman–Crippen LogP) is 6.54. The fraction of sp³-hybridized carbons (Fsp3) is 0.407. The second-order valence-corrected chi connectivity index (χ2v) is 8.53. The van der Waals surface area contributed by atoms with Gasteiger partial charge in [-0.2, -0.15) is 0 Å². The van der Waals surface area contributed by atoms with Gasteiger partial charge in [-0.05, 0) is 51.5 Å². The van der Waals surface area contributed by atoms with Crippen molar-refractivity contribution < 1.29 is 10.2 Å². The molecule has 1 aliphatic carbocycles. The van der Waals surface area contributed by atoms with Crippen molar-refractivity contribution in [2.75, 3.05) is 6.61 Å². The maximum absolute atomic E-state index is 10.0. The largest absolute Gasteiger partial charge is 0.393 e. The summed E-state index contributed by atoms with van der Waals surface area (Å²) in [5.41, 5.74) is 6.12. The van der Waals surface area contributed by atoms with Gasteiger partial charge in [0.25, 0.3) is 0 Å². The molecule has 1 atom stereocenters. The first-order valence-corrected chi connectivity index (χ1v) is 10.4. The molecule has 1 aliphatic rings. The monoisotopic (exact) mass is 394 g/mol. The molecule has 2 heteroatoms. The van der Waals surface area contributed by atoms with E-state index in [2.05, 4.69) is 71.1 Å². The molecule has 0 aromatic rings. The van der Waals surface area contributed by atoms with Gasteiger partial charge in [0.2, 0.25) is 0 Å². The van der Waals surface area contributed by atoms with Gasteiger partial charge in [-0.1, -0.05) is 103 Å². The molecule has 0 spiro atoms. The minimum atomic E-state index is -0.220. The summed E-state index contributed by atoms with van der Waals surface area (Å²) in [6, 6.07) is 0. The third-order valence-corrected chi connectivity index (χ3v) is 5.02. The summed E-state index contributed by atoms with van der Waals surface area (Å²) < 4.78 is 0. The second kappa shape index (κ2) is 12.4. The minimum absolute atomic E-state index is 0.0146. The Bertz CT molecular complexity index is 777. The molecule has 0 amide bonds. The third kappa shape index (κ3) is 9.74. The average Bonchev–Trinajstić information content (AvgIpc) is 2.62. The number of hydrogen-bond acceptors (Lipinski definition) is 2. The van der Waals surface area contributed by atoms with E-state index < -0.39 is 0 Å². The first-order valence-electron chi connectivity index (χ1n) is 10.4. The van der Waals surface area contributed by atoms with E-state index in [0.717, 1.165) is 18.4 Å². The SMILES string of the molecule is CC(C=CC=C(C)C=CC1=C(C)CC(O)CC1(C)C)=CC=CC=C(C)C=CCO. The lowest BCUT2D eigenvalue weighted by Gasteiger charge is -2.35. The van der Waals surface area contributed by atoms with E-state index in [-0.39, 0.29) is 18.1 Å². The van der Waals surface area contributed by atoms with Crippen molar-refractivity contribution in [1.82, 2.24) is 0 Å². The molecular weight excluding hydrogens is 356 g/mol. The summed E-state index contributed by atoms with van der Waals surface area (Å²) >= 11 is 0. The van der Waals surface area contributed by atoms with Crippen molar-refractivity contribution in [3.05, 3.63) is 94.7 Å². The van der Waals surface area contributed by atoms with Crippen LogP contribution >= 0.6 is 0 Å². The molecule has 2 nitrogen and oxygen atoms in total. The van der Waals surface area contributed by atoms with E-state index in [1.807, 2.05) is 31.2 Å². The Morgan fingerprint density at radius 1 is 0.931 bits per heavy atom. The highest BCUT2D eigenvalue weighted by molar-refractivity contribution is 5.38. The number of allylic oxidation sites excluding steroid dienone is 14. The van der Waals surface area contributed by atoms with Gasteiger partial charge in [-0.3, -0.25) is 0 Å². The van der Waals surface area contributed by atoms with Crippen molar-refractivity contribution in [2.45, 2.75) is 60.5 Å². The molecule has 0 bridgehead atoms. The third-order valence-electron chi connectivity index (χ3n) is 5.02. The van der Waals surface area contributed by atoms with Crippen molar-refractivity contribution in [1.29, 1.82) is 0 Å². The number of rotatable bonds is 8. The van der Waals surface area contributed by atoms with Gasteiger partial charge < -0.3 is 10.2 Å². The summed E-state index contributed by atoms with van der Waals surface area (Å²) in [6.45, 7) is 12.8.